The van der Waals surface area contributed by atoms with E-state index in [1.165, 1.54) is 98.0 Å². The third-order valence-corrected chi connectivity index (χ3v) is 24.2. The van der Waals surface area contributed by atoms with E-state index >= 15 is 0 Å². The number of benzene rings is 20. The SMILES string of the molecule is c1ccc2cc(-c3c4ccccc4c(-c4ccc5oc6ccc(-c7ccc8oc9c(ccc%10c%11ccc(-c%12ccc%13c(-c%14ccc%15ccccc%15c%14)c%14ccccc%14c(-c%14ccc(-c%15ccc(-c%16ccc%17oc%18c(ccc%19c%20ccccc%20oc%19%18)c%17c%16)cc%15)cc%14)c%13c%12)cc%11oc%109)c8c7)cc6c5c4)c4ccccc34)ccc2c1. The molecule has 0 amide bonds. The molecule has 5 aromatic heterocycles. The molecule has 0 atom stereocenters. The zero-order valence-corrected chi connectivity index (χ0v) is 60.7. The second-order valence-electron chi connectivity index (χ2n) is 30.4. The van der Waals surface area contributed by atoms with Gasteiger partial charge in [0.05, 0.1) is 0 Å². The summed E-state index contributed by atoms with van der Waals surface area (Å²) in [6, 6.07) is 133. The zero-order valence-electron chi connectivity index (χ0n) is 60.7. The molecule has 0 spiro atoms. The fourth-order valence-electron chi connectivity index (χ4n) is 18.8. The summed E-state index contributed by atoms with van der Waals surface area (Å²) in [4.78, 5) is 0. The third-order valence-electron chi connectivity index (χ3n) is 24.2. The van der Waals surface area contributed by atoms with Crippen molar-refractivity contribution in [3.63, 3.8) is 0 Å². The molecule has 0 aliphatic rings. The van der Waals surface area contributed by atoms with Crippen LogP contribution in [0.3, 0.4) is 0 Å². The summed E-state index contributed by atoms with van der Waals surface area (Å²) in [6.45, 7) is 0. The third kappa shape index (κ3) is 9.40. The molecule has 0 fully saturated rings. The van der Waals surface area contributed by atoms with Gasteiger partial charge in [-0.1, -0.05) is 255 Å². The van der Waals surface area contributed by atoms with Gasteiger partial charge in [-0.05, 0) is 263 Å². The van der Waals surface area contributed by atoms with Crippen molar-refractivity contribution in [2.75, 3.05) is 0 Å². The quantitative estimate of drug-likeness (QED) is 0.142. The van der Waals surface area contributed by atoms with Crippen molar-refractivity contribution in [3.8, 4) is 89.0 Å². The lowest BCUT2D eigenvalue weighted by Crippen LogP contribution is -1.92. The van der Waals surface area contributed by atoms with Crippen molar-refractivity contribution in [1.29, 1.82) is 0 Å². The van der Waals surface area contributed by atoms with Crippen LogP contribution in [0.4, 0.5) is 0 Å². The van der Waals surface area contributed by atoms with Crippen molar-refractivity contribution in [2.24, 2.45) is 0 Å². The Morgan fingerprint density at radius 2 is 0.363 bits per heavy atom. The van der Waals surface area contributed by atoms with Crippen molar-refractivity contribution in [2.45, 2.75) is 0 Å². The first kappa shape index (κ1) is 61.9. The average Bonchev–Trinajstić information content (AvgIpc) is 1.68. The Bertz CT molecular complexity index is 8370. The number of rotatable bonds is 8. The molecule has 25 aromatic rings. The molecular weight excluding hydrogens is 1380 g/mol. The lowest BCUT2D eigenvalue weighted by molar-refractivity contribution is 0.633. The minimum Gasteiger partial charge on any atom is -0.456 e. The minimum atomic E-state index is 0.733. The van der Waals surface area contributed by atoms with E-state index in [2.05, 4.69) is 346 Å². The van der Waals surface area contributed by atoms with Gasteiger partial charge in [0.25, 0.3) is 0 Å². The fourth-order valence-corrected chi connectivity index (χ4v) is 18.8. The lowest BCUT2D eigenvalue weighted by atomic mass is 9.84. The molecule has 20 aromatic carbocycles. The van der Waals surface area contributed by atoms with Crippen LogP contribution >= 0.6 is 0 Å². The van der Waals surface area contributed by atoms with Crippen LogP contribution in [0.15, 0.2) is 386 Å². The van der Waals surface area contributed by atoms with Gasteiger partial charge in [0.1, 0.15) is 33.5 Å². The van der Waals surface area contributed by atoms with Crippen LogP contribution < -0.4 is 0 Å². The van der Waals surface area contributed by atoms with Gasteiger partial charge < -0.3 is 22.1 Å². The highest BCUT2D eigenvalue weighted by Gasteiger charge is 2.25. The Labute approximate surface area is 645 Å². The zero-order chi connectivity index (χ0) is 73.7. The standard InChI is InChI=1S/C108H60O5/c1-3-15-67-53-74(35-31-61(67)13-1)102-81-20-7-9-22-83(81)104(84-23-10-8-21-82(84)102)76-42-52-97-93(59-76)92-57-72(40-49-96(92)109-97)71-41-51-99-91(56-71)89-48-46-87-78-43-37-73(60-100(78)113-106(87)108(89)112-99)70-38-44-85-94(58-70)101(79-18-5-6-19-80(79)103(85)75-36-32-62-14-2-4-16-68(62)54-75)66-33-29-64(30-34-66)63-25-27-65(28-26-63)69-39-50-98-90(55-69)88-47-45-86-77-17-11-12-24-95(77)110-105(86)107(88)111-98/h1-60H. The predicted molar refractivity (Wildman–Crippen MR) is 471 cm³/mol. The molecular formula is C108H60O5. The minimum absolute atomic E-state index is 0.733. The second-order valence-corrected chi connectivity index (χ2v) is 30.4. The van der Waals surface area contributed by atoms with Crippen molar-refractivity contribution in [1.82, 2.24) is 0 Å². The van der Waals surface area contributed by atoms with Crippen molar-refractivity contribution in [3.05, 3.63) is 364 Å². The largest absolute Gasteiger partial charge is 0.456 e. The monoisotopic (exact) mass is 1440 g/mol. The van der Waals surface area contributed by atoms with Gasteiger partial charge >= 0.3 is 0 Å². The summed E-state index contributed by atoms with van der Waals surface area (Å²) in [5.41, 5.74) is 26.4. The van der Waals surface area contributed by atoms with Gasteiger partial charge in [0.15, 0.2) is 22.3 Å². The molecule has 5 heteroatoms. The molecule has 0 unspecified atom stereocenters. The van der Waals surface area contributed by atoms with Gasteiger partial charge in [-0.3, -0.25) is 0 Å². The number of para-hydroxylation sites is 1. The van der Waals surface area contributed by atoms with Gasteiger partial charge in [0.2, 0.25) is 0 Å². The van der Waals surface area contributed by atoms with Crippen LogP contribution in [0.1, 0.15) is 0 Å². The van der Waals surface area contributed by atoms with Crippen LogP contribution in [0.2, 0.25) is 0 Å². The van der Waals surface area contributed by atoms with E-state index < -0.39 is 0 Å². The molecule has 0 N–H and O–H groups in total. The molecule has 113 heavy (non-hydrogen) atoms. The summed E-state index contributed by atoms with van der Waals surface area (Å²) < 4.78 is 33.4. The van der Waals surface area contributed by atoms with Gasteiger partial charge in [-0.2, -0.15) is 0 Å². The summed E-state index contributed by atoms with van der Waals surface area (Å²) >= 11 is 0. The Hall–Kier alpha value is -15.0. The fraction of sp³-hybridized carbons (Fsp3) is 0. The van der Waals surface area contributed by atoms with E-state index in [4.69, 9.17) is 22.1 Å². The number of hydrogen-bond acceptors (Lipinski definition) is 5. The van der Waals surface area contributed by atoms with Crippen LogP contribution in [-0.2, 0) is 0 Å². The normalized spacial score (nSPS) is 12.2. The highest BCUT2D eigenvalue weighted by molar-refractivity contribution is 6.26. The first-order chi connectivity index (χ1) is 55.9. The predicted octanol–water partition coefficient (Wildman–Crippen LogP) is 31.4. The van der Waals surface area contributed by atoms with E-state index in [0.717, 1.165) is 165 Å². The summed E-state index contributed by atoms with van der Waals surface area (Å²) in [5.74, 6) is 0. The van der Waals surface area contributed by atoms with Gasteiger partial charge in [0, 0.05) is 53.9 Å². The Morgan fingerprint density at radius 3 is 0.832 bits per heavy atom. The number of fused-ring (bicyclic) bond motifs is 23. The Morgan fingerprint density at radius 1 is 0.115 bits per heavy atom. The Kier molecular flexibility index (Phi) is 13.0. The molecule has 5 heterocycles. The highest BCUT2D eigenvalue weighted by Crippen LogP contribution is 2.51. The summed E-state index contributed by atoms with van der Waals surface area (Å²) in [6.07, 6.45) is 0. The molecule has 5 nitrogen and oxygen atoms in total. The molecule has 0 bridgehead atoms. The lowest BCUT2D eigenvalue weighted by Gasteiger charge is -2.19. The molecule has 0 saturated carbocycles. The number of furan rings is 5. The summed E-state index contributed by atoms with van der Waals surface area (Å²) in [5, 5.41) is 25.0. The average molecular weight is 1440 g/mol. The second kappa shape index (κ2) is 23.7. The van der Waals surface area contributed by atoms with E-state index in [-0.39, 0.29) is 0 Å². The topological polar surface area (TPSA) is 65.7 Å². The van der Waals surface area contributed by atoms with Crippen LogP contribution in [0.5, 0.6) is 0 Å². The molecule has 0 radical (unpaired) electrons. The van der Waals surface area contributed by atoms with E-state index in [1.807, 2.05) is 18.2 Å². The maximum absolute atomic E-state index is 7.04. The van der Waals surface area contributed by atoms with Gasteiger partial charge in [-0.15, -0.1) is 0 Å². The summed E-state index contributed by atoms with van der Waals surface area (Å²) in [7, 11) is 0. The van der Waals surface area contributed by atoms with Crippen LogP contribution in [-0.4, -0.2) is 0 Å². The Balaban J connectivity index is 0.561. The maximum atomic E-state index is 7.04. The molecule has 0 aliphatic carbocycles. The number of hydrogen-bond donors (Lipinski definition) is 0. The molecule has 0 saturated heterocycles. The maximum Gasteiger partial charge on any atom is 0.178 e. The van der Waals surface area contributed by atoms with Crippen molar-refractivity contribution < 1.29 is 22.1 Å². The molecule has 522 valence electrons. The first-order valence-electron chi connectivity index (χ1n) is 38.6. The molecule has 0 aliphatic heterocycles. The molecule has 25 rings (SSSR count). The van der Waals surface area contributed by atoms with Crippen LogP contribution in [0, 0.1) is 0 Å². The van der Waals surface area contributed by atoms with E-state index in [0.29, 0.717) is 0 Å². The van der Waals surface area contributed by atoms with Crippen molar-refractivity contribution >= 4 is 174 Å². The van der Waals surface area contributed by atoms with E-state index in [1.54, 1.807) is 0 Å². The van der Waals surface area contributed by atoms with Crippen LogP contribution in [0.25, 0.3) is 263 Å². The smallest absolute Gasteiger partial charge is 0.178 e. The highest BCUT2D eigenvalue weighted by atomic mass is 16.4. The first-order valence-corrected chi connectivity index (χ1v) is 38.6. The van der Waals surface area contributed by atoms with E-state index in [9.17, 15) is 0 Å². The van der Waals surface area contributed by atoms with Gasteiger partial charge in [-0.25, -0.2) is 0 Å².